The first kappa shape index (κ1) is 18.8. The van der Waals surface area contributed by atoms with Crippen LogP contribution in [0.2, 0.25) is 0 Å². The number of amides is 1. The zero-order valence-electron chi connectivity index (χ0n) is 16.7. The highest BCUT2D eigenvalue weighted by molar-refractivity contribution is 7.99. The fourth-order valence-electron chi connectivity index (χ4n) is 3.73. The van der Waals surface area contributed by atoms with E-state index in [-0.39, 0.29) is 5.91 Å². The number of anilines is 1. The summed E-state index contributed by atoms with van der Waals surface area (Å²) in [5.74, 6) is 0.375. The fourth-order valence-corrected chi connectivity index (χ4v) is 4.49. The van der Waals surface area contributed by atoms with Gasteiger partial charge in [-0.3, -0.25) is 4.79 Å². The monoisotopic (exact) mass is 415 g/mol. The molecular formula is C23H21N5OS. The van der Waals surface area contributed by atoms with Crippen LogP contribution in [0.4, 0.5) is 5.69 Å². The molecule has 2 aromatic carbocycles. The van der Waals surface area contributed by atoms with Gasteiger partial charge in [0.2, 0.25) is 11.1 Å². The van der Waals surface area contributed by atoms with E-state index in [2.05, 4.69) is 47.5 Å². The van der Waals surface area contributed by atoms with Crippen molar-refractivity contribution < 1.29 is 4.79 Å². The summed E-state index contributed by atoms with van der Waals surface area (Å²) < 4.78 is 1.72. The third kappa shape index (κ3) is 3.45. The largest absolute Gasteiger partial charge is 0.311 e. The van der Waals surface area contributed by atoms with Crippen molar-refractivity contribution in [2.24, 2.45) is 0 Å². The normalized spacial score (nSPS) is 13.0. The number of carbonyl (C=O) groups excluding carboxylic acids is 1. The summed E-state index contributed by atoms with van der Waals surface area (Å²) in [5, 5.41) is 13.8. The zero-order valence-corrected chi connectivity index (χ0v) is 17.5. The molecule has 7 heteroatoms. The summed E-state index contributed by atoms with van der Waals surface area (Å²) in [5.41, 5.74) is 6.11. The van der Waals surface area contributed by atoms with Crippen molar-refractivity contribution in [3.8, 4) is 11.3 Å². The van der Waals surface area contributed by atoms with Crippen LogP contribution in [-0.4, -0.2) is 38.0 Å². The molecule has 0 aliphatic carbocycles. The second-order valence-corrected chi connectivity index (χ2v) is 8.18. The van der Waals surface area contributed by atoms with Crippen LogP contribution in [0.25, 0.3) is 16.9 Å². The molecule has 0 unspecified atom stereocenters. The van der Waals surface area contributed by atoms with Gasteiger partial charge in [-0.2, -0.15) is 9.61 Å². The van der Waals surface area contributed by atoms with Crippen molar-refractivity contribution >= 4 is 29.0 Å². The number of aryl methyl sites for hydroxylation is 1. The third-order valence-corrected chi connectivity index (χ3v) is 6.31. The maximum atomic E-state index is 12.8. The molecule has 0 radical (unpaired) electrons. The molecule has 30 heavy (non-hydrogen) atoms. The summed E-state index contributed by atoms with van der Waals surface area (Å²) >= 11 is 1.37. The van der Waals surface area contributed by atoms with E-state index in [4.69, 9.17) is 5.10 Å². The minimum Gasteiger partial charge on any atom is -0.311 e. The first-order chi connectivity index (χ1) is 14.7. The summed E-state index contributed by atoms with van der Waals surface area (Å²) in [7, 11) is 0. The number of thioether (sulfide) groups is 1. The van der Waals surface area contributed by atoms with Crippen molar-refractivity contribution in [1.82, 2.24) is 19.8 Å². The zero-order chi connectivity index (χ0) is 20.5. The van der Waals surface area contributed by atoms with Gasteiger partial charge in [0.25, 0.3) is 0 Å². The second-order valence-electron chi connectivity index (χ2n) is 7.23. The Bertz CT molecular complexity index is 1220. The highest BCUT2D eigenvalue weighted by Gasteiger charge is 2.24. The van der Waals surface area contributed by atoms with E-state index >= 15 is 0 Å². The van der Waals surface area contributed by atoms with Crippen molar-refractivity contribution in [3.63, 3.8) is 0 Å². The van der Waals surface area contributed by atoms with Crippen LogP contribution >= 0.6 is 11.8 Å². The number of carbonyl (C=O) groups is 1. The number of aromatic nitrogens is 4. The Balaban J connectivity index is 1.35. The van der Waals surface area contributed by atoms with Gasteiger partial charge in [0.15, 0.2) is 5.65 Å². The van der Waals surface area contributed by atoms with E-state index in [0.717, 1.165) is 36.3 Å². The van der Waals surface area contributed by atoms with E-state index in [0.29, 0.717) is 16.6 Å². The Labute approximate surface area is 178 Å². The lowest BCUT2D eigenvalue weighted by atomic mass is 10.1. The second kappa shape index (κ2) is 7.91. The highest BCUT2D eigenvalue weighted by Crippen LogP contribution is 2.29. The summed E-state index contributed by atoms with van der Waals surface area (Å²) in [6, 6.07) is 20.3. The Morgan fingerprint density at radius 3 is 2.70 bits per heavy atom. The number of hydrogen-bond donors (Lipinski definition) is 0. The van der Waals surface area contributed by atoms with Gasteiger partial charge in [-0.05, 0) is 42.2 Å². The van der Waals surface area contributed by atoms with Gasteiger partial charge < -0.3 is 4.90 Å². The Morgan fingerprint density at radius 2 is 1.87 bits per heavy atom. The summed E-state index contributed by atoms with van der Waals surface area (Å²) in [4.78, 5) is 14.7. The molecule has 2 aromatic heterocycles. The molecule has 150 valence electrons. The molecule has 1 amide bonds. The van der Waals surface area contributed by atoms with Crippen LogP contribution in [0.1, 0.15) is 18.1 Å². The van der Waals surface area contributed by atoms with Gasteiger partial charge in [0, 0.05) is 17.8 Å². The molecule has 5 rings (SSSR count). The minimum absolute atomic E-state index is 0.0769. The fraction of sp³-hybridized carbons (Fsp3) is 0.217. The van der Waals surface area contributed by atoms with Crippen molar-refractivity contribution in [3.05, 3.63) is 71.8 Å². The Hall–Kier alpha value is -3.19. The van der Waals surface area contributed by atoms with Crippen LogP contribution < -0.4 is 4.90 Å². The van der Waals surface area contributed by atoms with Gasteiger partial charge in [-0.15, -0.1) is 10.2 Å². The molecule has 0 fully saturated rings. The highest BCUT2D eigenvalue weighted by atomic mass is 32.2. The molecule has 3 heterocycles. The van der Waals surface area contributed by atoms with Crippen LogP contribution in [0.5, 0.6) is 0 Å². The van der Waals surface area contributed by atoms with Gasteiger partial charge >= 0.3 is 0 Å². The van der Waals surface area contributed by atoms with Crippen LogP contribution in [-0.2, 0) is 17.6 Å². The van der Waals surface area contributed by atoms with Gasteiger partial charge in [0.1, 0.15) is 0 Å². The van der Waals surface area contributed by atoms with E-state index < -0.39 is 0 Å². The number of benzene rings is 2. The molecule has 4 aromatic rings. The standard InChI is InChI=1S/C23H21N5OS/c1-2-16-7-9-17(10-8-16)19-11-12-21-24-25-23(28(21)26-19)30-15-22(29)27-14-13-18-5-3-4-6-20(18)27/h3-12H,2,13-15H2,1H3. The molecule has 0 spiro atoms. The summed E-state index contributed by atoms with van der Waals surface area (Å²) in [6.07, 6.45) is 1.91. The molecule has 6 nitrogen and oxygen atoms in total. The van der Waals surface area contributed by atoms with Crippen molar-refractivity contribution in [1.29, 1.82) is 0 Å². The molecule has 0 saturated heterocycles. The molecular weight excluding hydrogens is 394 g/mol. The van der Waals surface area contributed by atoms with Crippen molar-refractivity contribution in [2.75, 3.05) is 17.2 Å². The average Bonchev–Trinajstić information content (AvgIpc) is 3.41. The van der Waals surface area contributed by atoms with Gasteiger partial charge in [0.05, 0.1) is 11.4 Å². The van der Waals surface area contributed by atoms with E-state index in [1.165, 1.54) is 22.9 Å². The lowest BCUT2D eigenvalue weighted by Crippen LogP contribution is -2.30. The van der Waals surface area contributed by atoms with Gasteiger partial charge in [-0.1, -0.05) is 61.2 Å². The first-order valence-corrected chi connectivity index (χ1v) is 11.0. The Morgan fingerprint density at radius 1 is 1.03 bits per heavy atom. The number of para-hydroxylation sites is 1. The topological polar surface area (TPSA) is 63.4 Å². The van der Waals surface area contributed by atoms with Gasteiger partial charge in [-0.25, -0.2) is 0 Å². The Kier molecular flexibility index (Phi) is 4.96. The number of rotatable bonds is 5. The summed E-state index contributed by atoms with van der Waals surface area (Å²) in [6.45, 7) is 2.87. The average molecular weight is 416 g/mol. The molecule has 1 aliphatic heterocycles. The minimum atomic E-state index is 0.0769. The predicted octanol–water partition coefficient (Wildman–Crippen LogP) is 4.04. The molecule has 1 aliphatic rings. The van der Waals surface area contributed by atoms with Crippen LogP contribution in [0, 0.1) is 0 Å². The van der Waals surface area contributed by atoms with E-state index in [1.807, 2.05) is 35.2 Å². The smallest absolute Gasteiger partial charge is 0.237 e. The maximum absolute atomic E-state index is 12.8. The quantitative estimate of drug-likeness (QED) is 0.461. The third-order valence-electron chi connectivity index (χ3n) is 5.41. The van der Waals surface area contributed by atoms with Crippen molar-refractivity contribution in [2.45, 2.75) is 24.9 Å². The van der Waals surface area contributed by atoms with E-state index in [9.17, 15) is 4.79 Å². The predicted molar refractivity (Wildman–Crippen MR) is 119 cm³/mol. The lowest BCUT2D eigenvalue weighted by Gasteiger charge is -2.16. The van der Waals surface area contributed by atoms with Crippen LogP contribution in [0.3, 0.4) is 0 Å². The number of fused-ring (bicyclic) bond motifs is 2. The molecule has 0 bridgehead atoms. The molecule has 0 atom stereocenters. The van der Waals surface area contributed by atoms with Crippen LogP contribution in [0.15, 0.2) is 65.8 Å². The number of hydrogen-bond acceptors (Lipinski definition) is 5. The maximum Gasteiger partial charge on any atom is 0.237 e. The lowest BCUT2D eigenvalue weighted by molar-refractivity contribution is -0.116. The number of nitrogens with zero attached hydrogens (tertiary/aromatic N) is 5. The molecule has 0 N–H and O–H groups in total. The molecule has 0 saturated carbocycles. The van der Waals surface area contributed by atoms with E-state index in [1.54, 1.807) is 4.52 Å². The first-order valence-electron chi connectivity index (χ1n) is 10.1. The SMILES string of the molecule is CCc1ccc(-c2ccc3nnc(SCC(=O)N4CCc5ccccc54)n3n2)cc1.